The molecule has 1 N–H and O–H groups in total. The first kappa shape index (κ1) is 21.7. The topological polar surface area (TPSA) is 72.5 Å². The molecule has 1 heterocycles. The van der Waals surface area contributed by atoms with E-state index in [9.17, 15) is 13.2 Å². The monoisotopic (exact) mass is 447 g/mol. The van der Waals surface area contributed by atoms with Gasteiger partial charge >= 0.3 is 6.09 Å². The Hall–Kier alpha value is -1.38. The summed E-state index contributed by atoms with van der Waals surface area (Å²) in [4.78, 5) is 12.5. The second-order valence-corrected chi connectivity index (χ2v) is 10.3. The minimum Gasteiger partial charge on any atom is -0.444 e. The number of hydrogen-bond acceptors (Lipinski definition) is 5. The zero-order chi connectivity index (χ0) is 19.3. The highest BCUT2D eigenvalue weighted by atomic mass is 79.9. The molecular weight excluding hydrogens is 426 g/mol. The number of hydrogen-bond donors (Lipinski definition) is 1. The van der Waals surface area contributed by atoms with Gasteiger partial charge in [-0.15, -0.1) is 11.3 Å². The highest BCUT2D eigenvalue weighted by Gasteiger charge is 2.21. The first-order valence-corrected chi connectivity index (χ1v) is 10.6. The average molecular weight is 448 g/mol. The smallest absolute Gasteiger partial charge is 0.407 e. The number of ether oxygens (including phenoxy) is 1. The number of thiophene rings is 1. The van der Waals surface area contributed by atoms with E-state index >= 15 is 0 Å². The summed E-state index contributed by atoms with van der Waals surface area (Å²) in [5.74, 6) is 0. The zero-order valence-corrected chi connectivity index (χ0v) is 17.8. The molecule has 1 amide bonds. The SMILES string of the molecule is C=C/C(=C\C(Br)=C/C)S(=O)(=O)c1ccc(CNC(=O)OC(C)(C)C)s1. The Balaban J connectivity index is 2.91. The fourth-order valence-electron chi connectivity index (χ4n) is 1.65. The van der Waals surface area contributed by atoms with Crippen LogP contribution in [0.25, 0.3) is 0 Å². The van der Waals surface area contributed by atoms with Gasteiger partial charge in [-0.25, -0.2) is 13.2 Å². The van der Waals surface area contributed by atoms with Gasteiger partial charge in [0.1, 0.15) is 9.81 Å². The first-order valence-electron chi connectivity index (χ1n) is 7.46. The maximum Gasteiger partial charge on any atom is 0.407 e. The molecule has 0 atom stereocenters. The highest BCUT2D eigenvalue weighted by Crippen LogP contribution is 2.29. The Bertz CT molecular complexity index is 799. The van der Waals surface area contributed by atoms with Gasteiger partial charge in [0.25, 0.3) is 0 Å². The largest absolute Gasteiger partial charge is 0.444 e. The van der Waals surface area contributed by atoms with Crippen LogP contribution in [0, 0.1) is 0 Å². The second-order valence-electron chi connectivity index (χ2n) is 6.00. The number of amides is 1. The van der Waals surface area contributed by atoms with E-state index in [0.29, 0.717) is 9.36 Å². The molecule has 138 valence electrons. The van der Waals surface area contributed by atoms with E-state index in [1.807, 2.05) is 0 Å². The van der Waals surface area contributed by atoms with Crippen LogP contribution in [0.15, 0.2) is 50.5 Å². The normalized spacial score (nSPS) is 13.5. The third-order valence-electron chi connectivity index (χ3n) is 2.78. The number of halogens is 1. The molecule has 0 aromatic carbocycles. The van der Waals surface area contributed by atoms with Crippen molar-refractivity contribution in [3.63, 3.8) is 0 Å². The fraction of sp³-hybridized carbons (Fsp3) is 0.353. The van der Waals surface area contributed by atoms with Crippen LogP contribution in [-0.4, -0.2) is 20.1 Å². The van der Waals surface area contributed by atoms with Gasteiger partial charge in [0.2, 0.25) is 9.84 Å². The molecule has 0 aliphatic carbocycles. The van der Waals surface area contributed by atoms with Crippen molar-refractivity contribution in [2.45, 2.75) is 44.0 Å². The Kier molecular flexibility index (Phi) is 7.64. The van der Waals surface area contributed by atoms with Gasteiger partial charge in [-0.3, -0.25) is 0 Å². The summed E-state index contributed by atoms with van der Waals surface area (Å²) in [5.41, 5.74) is -0.585. The van der Waals surface area contributed by atoms with Crippen molar-refractivity contribution in [1.82, 2.24) is 5.32 Å². The third kappa shape index (κ3) is 6.80. The summed E-state index contributed by atoms with van der Waals surface area (Å²) in [5, 5.41) is 2.61. The number of carbonyl (C=O) groups is 1. The van der Waals surface area contributed by atoms with Gasteiger partial charge in [-0.1, -0.05) is 34.7 Å². The molecule has 1 rings (SSSR count). The predicted molar refractivity (Wildman–Crippen MR) is 106 cm³/mol. The van der Waals surface area contributed by atoms with Gasteiger partial charge in [0.15, 0.2) is 0 Å². The minimum absolute atomic E-state index is 0.103. The molecule has 0 aliphatic rings. The van der Waals surface area contributed by atoms with Crippen LogP contribution >= 0.6 is 27.3 Å². The van der Waals surface area contributed by atoms with E-state index in [1.165, 1.54) is 18.2 Å². The molecule has 1 aromatic rings. The lowest BCUT2D eigenvalue weighted by atomic mass is 10.2. The highest BCUT2D eigenvalue weighted by molar-refractivity contribution is 9.11. The van der Waals surface area contributed by atoms with Gasteiger partial charge in [-0.2, -0.15) is 0 Å². The number of allylic oxidation sites excluding steroid dienone is 4. The molecule has 0 unspecified atom stereocenters. The van der Waals surface area contributed by atoms with E-state index in [-0.39, 0.29) is 15.7 Å². The molecule has 25 heavy (non-hydrogen) atoms. The van der Waals surface area contributed by atoms with E-state index in [0.717, 1.165) is 11.3 Å². The Morgan fingerprint density at radius 1 is 1.40 bits per heavy atom. The number of carbonyl (C=O) groups excluding carboxylic acids is 1. The van der Waals surface area contributed by atoms with Crippen LogP contribution in [0.1, 0.15) is 32.6 Å². The zero-order valence-electron chi connectivity index (χ0n) is 14.6. The Labute approximate surface area is 161 Å². The molecule has 5 nitrogen and oxygen atoms in total. The van der Waals surface area contributed by atoms with Gasteiger partial charge in [-0.05, 0) is 45.9 Å². The summed E-state index contributed by atoms with van der Waals surface area (Å²) in [6, 6.07) is 3.19. The maximum atomic E-state index is 12.7. The van der Waals surface area contributed by atoms with E-state index in [4.69, 9.17) is 4.74 Å². The Morgan fingerprint density at radius 2 is 2.04 bits per heavy atom. The van der Waals surface area contributed by atoms with Crippen molar-refractivity contribution in [3.8, 4) is 0 Å². The van der Waals surface area contributed by atoms with Crippen molar-refractivity contribution in [1.29, 1.82) is 0 Å². The van der Waals surface area contributed by atoms with Crippen LogP contribution in [0.2, 0.25) is 0 Å². The molecule has 0 saturated heterocycles. The summed E-state index contributed by atoms with van der Waals surface area (Å²) in [7, 11) is -3.66. The number of nitrogens with one attached hydrogen (secondary N) is 1. The molecule has 0 aliphatic heterocycles. The lowest BCUT2D eigenvalue weighted by Gasteiger charge is -2.19. The maximum absolute atomic E-state index is 12.7. The third-order valence-corrected chi connectivity index (χ3v) is 6.82. The number of sulfone groups is 1. The lowest BCUT2D eigenvalue weighted by molar-refractivity contribution is 0.0524. The quantitative estimate of drug-likeness (QED) is 0.628. The van der Waals surface area contributed by atoms with Gasteiger partial charge < -0.3 is 10.1 Å². The lowest BCUT2D eigenvalue weighted by Crippen LogP contribution is -2.31. The molecule has 1 aromatic heterocycles. The van der Waals surface area contributed by atoms with Crippen molar-refractivity contribution in [2.24, 2.45) is 0 Å². The summed E-state index contributed by atoms with van der Waals surface area (Å²) < 4.78 is 31.3. The second kappa shape index (κ2) is 8.82. The fourth-order valence-corrected chi connectivity index (χ4v) is 4.76. The van der Waals surface area contributed by atoms with Crippen LogP contribution in [-0.2, 0) is 21.1 Å². The van der Waals surface area contributed by atoms with Crippen molar-refractivity contribution >= 4 is 43.2 Å². The molecule has 8 heteroatoms. The van der Waals surface area contributed by atoms with E-state index < -0.39 is 21.5 Å². The number of rotatable bonds is 6. The molecular formula is C17H22BrNO4S2. The van der Waals surface area contributed by atoms with Crippen LogP contribution in [0.4, 0.5) is 4.79 Å². The van der Waals surface area contributed by atoms with Crippen LogP contribution < -0.4 is 5.32 Å². The number of alkyl carbamates (subject to hydrolysis) is 1. The summed E-state index contributed by atoms with van der Waals surface area (Å²) in [6.45, 7) is 10.9. The molecule has 0 bridgehead atoms. The standard InChI is InChI=1S/C17H22BrNO4S2/c1-6-12(18)10-14(7-2)25(21,22)15-9-8-13(24-15)11-19-16(20)23-17(3,4)5/h6-10H,2,11H2,1,3-5H3,(H,19,20)/b12-6+,14-10+. The van der Waals surface area contributed by atoms with Crippen LogP contribution in [0.3, 0.4) is 0 Å². The van der Waals surface area contributed by atoms with Gasteiger partial charge in [0.05, 0.1) is 11.4 Å². The van der Waals surface area contributed by atoms with Crippen LogP contribution in [0.5, 0.6) is 0 Å². The predicted octanol–water partition coefficient (Wildman–Crippen LogP) is 4.92. The van der Waals surface area contributed by atoms with Gasteiger partial charge in [0, 0.05) is 9.36 Å². The first-order chi connectivity index (χ1) is 11.5. The van der Waals surface area contributed by atoms with E-state index in [2.05, 4.69) is 27.8 Å². The molecule has 0 saturated carbocycles. The van der Waals surface area contributed by atoms with Crippen molar-refractivity contribution in [3.05, 3.63) is 51.2 Å². The average Bonchev–Trinajstić information content (AvgIpc) is 2.98. The van der Waals surface area contributed by atoms with E-state index in [1.54, 1.807) is 39.8 Å². The van der Waals surface area contributed by atoms with Crippen molar-refractivity contribution in [2.75, 3.05) is 0 Å². The molecule has 0 radical (unpaired) electrons. The molecule has 0 spiro atoms. The molecule has 0 fully saturated rings. The summed E-state index contributed by atoms with van der Waals surface area (Å²) >= 11 is 4.36. The van der Waals surface area contributed by atoms with Crippen molar-refractivity contribution < 1.29 is 17.9 Å². The minimum atomic E-state index is -3.66. The summed E-state index contributed by atoms with van der Waals surface area (Å²) in [6.07, 6.45) is 4.00. The Morgan fingerprint density at radius 3 is 2.56 bits per heavy atom.